The van der Waals surface area contributed by atoms with Gasteiger partial charge in [0.1, 0.15) is 0 Å². The highest BCUT2D eigenvalue weighted by molar-refractivity contribution is 7.90. The molecule has 1 unspecified atom stereocenters. The van der Waals surface area contributed by atoms with Gasteiger partial charge in [-0.05, 0) is 54.7 Å². The minimum absolute atomic E-state index is 0. The van der Waals surface area contributed by atoms with Crippen molar-refractivity contribution in [1.29, 1.82) is 0 Å². The van der Waals surface area contributed by atoms with Crippen molar-refractivity contribution in [2.45, 2.75) is 30.2 Å². The number of halogens is 1. The number of likely N-dealkylation sites (tertiary alicyclic amines) is 1. The Morgan fingerprint density at radius 2 is 1.59 bits per heavy atom. The standard InChI is InChI=1S/C20H24N2O3S.ClH/c1-26(24,25)19-11-9-16(10-12-19)15-5-7-17(8-6-15)20(23)22-13-3-2-4-18(22)14-21;/h5-12,18H,2-4,13-14,21H2,1H3;1H. The summed E-state index contributed by atoms with van der Waals surface area (Å²) in [5.41, 5.74) is 8.32. The zero-order chi connectivity index (χ0) is 18.7. The molecule has 1 heterocycles. The van der Waals surface area contributed by atoms with Gasteiger partial charge in [-0.25, -0.2) is 8.42 Å². The van der Waals surface area contributed by atoms with Crippen molar-refractivity contribution in [2.75, 3.05) is 19.3 Å². The fourth-order valence-corrected chi connectivity index (χ4v) is 4.01. The Bertz CT molecular complexity index is 880. The quantitative estimate of drug-likeness (QED) is 0.842. The van der Waals surface area contributed by atoms with Crippen LogP contribution in [0.1, 0.15) is 29.6 Å². The van der Waals surface area contributed by atoms with Crippen LogP contribution in [0.25, 0.3) is 11.1 Å². The fraction of sp³-hybridized carbons (Fsp3) is 0.350. The van der Waals surface area contributed by atoms with Crippen LogP contribution in [-0.2, 0) is 9.84 Å². The highest BCUT2D eigenvalue weighted by Gasteiger charge is 2.26. The Kier molecular flexibility index (Phi) is 7.03. The first kappa shape index (κ1) is 21.4. The van der Waals surface area contributed by atoms with Gasteiger partial charge in [-0.15, -0.1) is 12.4 Å². The van der Waals surface area contributed by atoms with Gasteiger partial charge in [0.25, 0.3) is 5.91 Å². The third-order valence-corrected chi connectivity index (χ3v) is 6.04. The lowest BCUT2D eigenvalue weighted by atomic mass is 9.99. The van der Waals surface area contributed by atoms with Crippen molar-refractivity contribution in [1.82, 2.24) is 4.90 Å². The summed E-state index contributed by atoms with van der Waals surface area (Å²) < 4.78 is 23.1. The molecule has 27 heavy (non-hydrogen) atoms. The highest BCUT2D eigenvalue weighted by atomic mass is 35.5. The normalized spacial score (nSPS) is 17.3. The summed E-state index contributed by atoms with van der Waals surface area (Å²) >= 11 is 0. The molecule has 3 rings (SSSR count). The summed E-state index contributed by atoms with van der Waals surface area (Å²) in [7, 11) is -3.20. The van der Waals surface area contributed by atoms with Crippen molar-refractivity contribution >= 4 is 28.2 Å². The summed E-state index contributed by atoms with van der Waals surface area (Å²) in [6, 6.07) is 14.3. The molecule has 2 aromatic carbocycles. The van der Waals surface area contributed by atoms with Gasteiger partial charge in [0, 0.05) is 31.0 Å². The van der Waals surface area contributed by atoms with Crippen LogP contribution in [0.2, 0.25) is 0 Å². The fourth-order valence-electron chi connectivity index (χ4n) is 3.38. The monoisotopic (exact) mass is 408 g/mol. The predicted molar refractivity (Wildman–Crippen MR) is 110 cm³/mol. The number of piperidine rings is 1. The molecule has 2 N–H and O–H groups in total. The Morgan fingerprint density at radius 3 is 2.11 bits per heavy atom. The number of sulfone groups is 1. The molecule has 1 aliphatic heterocycles. The number of nitrogens with zero attached hydrogens (tertiary/aromatic N) is 1. The Labute approximate surface area is 166 Å². The third kappa shape index (κ3) is 4.89. The van der Waals surface area contributed by atoms with Gasteiger partial charge in [-0.1, -0.05) is 24.3 Å². The van der Waals surface area contributed by atoms with Gasteiger partial charge in [-0.3, -0.25) is 4.79 Å². The molecule has 7 heteroatoms. The molecule has 1 saturated heterocycles. The highest BCUT2D eigenvalue weighted by Crippen LogP contribution is 2.24. The van der Waals surface area contributed by atoms with Crippen LogP contribution in [0, 0.1) is 0 Å². The minimum atomic E-state index is -3.20. The largest absolute Gasteiger partial charge is 0.334 e. The maximum atomic E-state index is 12.8. The first-order valence-corrected chi connectivity index (χ1v) is 10.7. The maximum Gasteiger partial charge on any atom is 0.254 e. The van der Waals surface area contributed by atoms with Gasteiger partial charge in [0.2, 0.25) is 0 Å². The van der Waals surface area contributed by atoms with Crippen LogP contribution in [0.5, 0.6) is 0 Å². The van der Waals surface area contributed by atoms with Crippen molar-refractivity contribution in [3.8, 4) is 11.1 Å². The minimum Gasteiger partial charge on any atom is -0.334 e. The van der Waals surface area contributed by atoms with E-state index >= 15 is 0 Å². The molecule has 0 spiro atoms. The summed E-state index contributed by atoms with van der Waals surface area (Å²) in [5, 5.41) is 0. The number of rotatable bonds is 4. The van der Waals surface area contributed by atoms with Crippen LogP contribution < -0.4 is 5.73 Å². The Hall–Kier alpha value is -1.89. The topological polar surface area (TPSA) is 80.5 Å². The van der Waals surface area contributed by atoms with E-state index in [-0.39, 0.29) is 24.4 Å². The van der Waals surface area contributed by atoms with Crippen LogP contribution in [0.15, 0.2) is 53.4 Å². The summed E-state index contributed by atoms with van der Waals surface area (Å²) in [5.74, 6) is 0.0270. The molecule has 0 bridgehead atoms. The van der Waals surface area contributed by atoms with E-state index in [4.69, 9.17) is 5.73 Å². The second kappa shape index (κ2) is 8.87. The van der Waals surface area contributed by atoms with Gasteiger partial charge in [0.15, 0.2) is 9.84 Å². The lowest BCUT2D eigenvalue weighted by molar-refractivity contribution is 0.0623. The predicted octanol–water partition coefficient (Wildman–Crippen LogP) is 3.13. The first-order valence-electron chi connectivity index (χ1n) is 8.82. The van der Waals surface area contributed by atoms with Crippen LogP contribution in [0.3, 0.4) is 0 Å². The van der Waals surface area contributed by atoms with Crippen LogP contribution in [0.4, 0.5) is 0 Å². The molecule has 5 nitrogen and oxygen atoms in total. The number of carbonyl (C=O) groups is 1. The SMILES string of the molecule is CS(=O)(=O)c1ccc(-c2ccc(C(=O)N3CCCCC3CN)cc2)cc1.Cl. The number of hydrogen-bond donors (Lipinski definition) is 1. The second-order valence-electron chi connectivity index (χ2n) is 6.76. The van der Waals surface area contributed by atoms with E-state index in [1.54, 1.807) is 24.3 Å². The van der Waals surface area contributed by atoms with E-state index in [9.17, 15) is 13.2 Å². The maximum absolute atomic E-state index is 12.8. The molecule has 0 saturated carbocycles. The van der Waals surface area contributed by atoms with E-state index < -0.39 is 9.84 Å². The van der Waals surface area contributed by atoms with E-state index in [1.165, 1.54) is 6.26 Å². The molecule has 1 aliphatic rings. The summed E-state index contributed by atoms with van der Waals surface area (Å²) in [6.07, 6.45) is 4.30. The lowest BCUT2D eigenvalue weighted by Crippen LogP contribution is -2.47. The van der Waals surface area contributed by atoms with E-state index in [0.29, 0.717) is 17.0 Å². The Balaban J connectivity index is 0.00000261. The number of amides is 1. The zero-order valence-corrected chi connectivity index (χ0v) is 16.9. The lowest BCUT2D eigenvalue weighted by Gasteiger charge is -2.35. The molecule has 1 atom stereocenters. The molecule has 1 fully saturated rings. The van der Waals surface area contributed by atoms with Gasteiger partial charge >= 0.3 is 0 Å². The van der Waals surface area contributed by atoms with Crippen LogP contribution >= 0.6 is 12.4 Å². The van der Waals surface area contributed by atoms with Crippen molar-refractivity contribution in [3.05, 3.63) is 54.1 Å². The smallest absolute Gasteiger partial charge is 0.254 e. The molecule has 0 aromatic heterocycles. The molecule has 146 valence electrons. The third-order valence-electron chi connectivity index (χ3n) is 4.91. The summed E-state index contributed by atoms with van der Waals surface area (Å²) in [4.78, 5) is 15.0. The van der Waals surface area contributed by atoms with Crippen LogP contribution in [-0.4, -0.2) is 44.6 Å². The van der Waals surface area contributed by atoms with Gasteiger partial charge in [-0.2, -0.15) is 0 Å². The molecular weight excluding hydrogens is 384 g/mol. The zero-order valence-electron chi connectivity index (χ0n) is 15.3. The molecule has 0 aliphatic carbocycles. The van der Waals surface area contributed by atoms with Crippen molar-refractivity contribution < 1.29 is 13.2 Å². The number of hydrogen-bond acceptors (Lipinski definition) is 4. The molecule has 0 radical (unpaired) electrons. The molecular formula is C20H25ClN2O3S. The van der Waals surface area contributed by atoms with E-state index in [1.807, 2.05) is 29.2 Å². The van der Waals surface area contributed by atoms with E-state index in [0.717, 1.165) is 36.9 Å². The molecule has 2 aromatic rings. The first-order chi connectivity index (χ1) is 12.4. The Morgan fingerprint density at radius 1 is 1.04 bits per heavy atom. The van der Waals surface area contributed by atoms with Crippen molar-refractivity contribution in [3.63, 3.8) is 0 Å². The molecule has 1 amide bonds. The number of nitrogens with two attached hydrogens (primary N) is 1. The van der Waals surface area contributed by atoms with Crippen molar-refractivity contribution in [2.24, 2.45) is 5.73 Å². The number of carbonyl (C=O) groups excluding carboxylic acids is 1. The summed E-state index contributed by atoms with van der Waals surface area (Å²) in [6.45, 7) is 1.26. The number of benzene rings is 2. The second-order valence-corrected chi connectivity index (χ2v) is 8.77. The van der Waals surface area contributed by atoms with Gasteiger partial charge < -0.3 is 10.6 Å². The average molecular weight is 409 g/mol. The van der Waals surface area contributed by atoms with E-state index in [2.05, 4.69) is 0 Å². The average Bonchev–Trinajstić information content (AvgIpc) is 2.67. The van der Waals surface area contributed by atoms with Gasteiger partial charge in [0.05, 0.1) is 4.90 Å².